The highest BCUT2D eigenvalue weighted by Gasteiger charge is 2.14. The average molecular weight is 265 g/mol. The number of rotatable bonds is 5. The predicted octanol–water partition coefficient (Wildman–Crippen LogP) is 2.15. The standard InChI is InChI=1S/C12H12FN3O3/c1-14-3-2-12-15-7-11(19-12)8-4-9(13)6-10(5-8)16(17)18/h4-7,14H,2-3H2,1H3. The topological polar surface area (TPSA) is 81.2 Å². The van der Waals surface area contributed by atoms with Gasteiger partial charge in [0.15, 0.2) is 11.7 Å². The molecule has 0 atom stereocenters. The normalized spacial score (nSPS) is 10.6. The fourth-order valence-electron chi connectivity index (χ4n) is 1.61. The van der Waals surface area contributed by atoms with Crippen molar-refractivity contribution < 1.29 is 13.7 Å². The maximum absolute atomic E-state index is 13.3. The Morgan fingerprint density at radius 2 is 2.26 bits per heavy atom. The van der Waals surface area contributed by atoms with E-state index >= 15 is 0 Å². The summed E-state index contributed by atoms with van der Waals surface area (Å²) in [5.41, 5.74) is -0.0157. The van der Waals surface area contributed by atoms with Gasteiger partial charge in [-0.25, -0.2) is 9.37 Å². The Hall–Kier alpha value is -2.28. The van der Waals surface area contributed by atoms with E-state index in [1.54, 1.807) is 7.05 Å². The van der Waals surface area contributed by atoms with E-state index in [0.29, 0.717) is 30.2 Å². The third-order valence-electron chi connectivity index (χ3n) is 2.52. The fourth-order valence-corrected chi connectivity index (χ4v) is 1.61. The van der Waals surface area contributed by atoms with Crippen molar-refractivity contribution >= 4 is 5.69 Å². The number of nitrogens with one attached hydrogen (secondary N) is 1. The van der Waals surface area contributed by atoms with Crippen molar-refractivity contribution in [3.05, 3.63) is 46.2 Å². The largest absolute Gasteiger partial charge is 0.441 e. The lowest BCUT2D eigenvalue weighted by molar-refractivity contribution is -0.385. The molecule has 0 aliphatic rings. The van der Waals surface area contributed by atoms with Crippen LogP contribution < -0.4 is 5.32 Å². The van der Waals surface area contributed by atoms with Crippen LogP contribution in [0.2, 0.25) is 0 Å². The quantitative estimate of drug-likeness (QED) is 0.661. The van der Waals surface area contributed by atoms with Crippen LogP contribution in [0, 0.1) is 15.9 Å². The SMILES string of the molecule is CNCCc1ncc(-c2cc(F)cc([N+](=O)[O-])c2)o1. The smallest absolute Gasteiger partial charge is 0.273 e. The molecule has 0 spiro atoms. The fraction of sp³-hybridized carbons (Fsp3) is 0.250. The lowest BCUT2D eigenvalue weighted by atomic mass is 10.1. The summed E-state index contributed by atoms with van der Waals surface area (Å²) >= 11 is 0. The number of oxazole rings is 1. The van der Waals surface area contributed by atoms with Crippen molar-refractivity contribution in [1.29, 1.82) is 0 Å². The summed E-state index contributed by atoms with van der Waals surface area (Å²) in [6, 6.07) is 3.29. The van der Waals surface area contributed by atoms with E-state index in [4.69, 9.17) is 4.42 Å². The van der Waals surface area contributed by atoms with Gasteiger partial charge < -0.3 is 9.73 Å². The molecule has 0 saturated heterocycles. The lowest BCUT2D eigenvalue weighted by Crippen LogP contribution is -2.10. The third-order valence-corrected chi connectivity index (χ3v) is 2.52. The molecular formula is C12H12FN3O3. The number of halogens is 1. The summed E-state index contributed by atoms with van der Waals surface area (Å²) in [4.78, 5) is 14.1. The molecule has 1 heterocycles. The van der Waals surface area contributed by atoms with E-state index in [1.165, 1.54) is 18.3 Å². The Balaban J connectivity index is 2.30. The van der Waals surface area contributed by atoms with Crippen molar-refractivity contribution in [3.8, 4) is 11.3 Å². The molecule has 2 aromatic rings. The lowest BCUT2D eigenvalue weighted by Gasteiger charge is -1.98. The van der Waals surface area contributed by atoms with Gasteiger partial charge in [-0.2, -0.15) is 0 Å². The molecule has 1 aromatic heterocycles. The van der Waals surface area contributed by atoms with Crippen molar-refractivity contribution in [2.24, 2.45) is 0 Å². The van der Waals surface area contributed by atoms with Crippen molar-refractivity contribution in [3.63, 3.8) is 0 Å². The van der Waals surface area contributed by atoms with Crippen LogP contribution in [0.5, 0.6) is 0 Å². The van der Waals surface area contributed by atoms with E-state index < -0.39 is 10.7 Å². The van der Waals surface area contributed by atoms with Gasteiger partial charge in [-0.1, -0.05) is 0 Å². The average Bonchev–Trinajstić information content (AvgIpc) is 2.84. The molecule has 0 fully saturated rings. The van der Waals surface area contributed by atoms with Crippen LogP contribution in [0.4, 0.5) is 10.1 Å². The van der Waals surface area contributed by atoms with E-state index in [2.05, 4.69) is 10.3 Å². The minimum Gasteiger partial charge on any atom is -0.441 e. The van der Waals surface area contributed by atoms with Crippen LogP contribution >= 0.6 is 0 Å². The second-order valence-corrected chi connectivity index (χ2v) is 3.93. The second kappa shape index (κ2) is 5.57. The first kappa shape index (κ1) is 13.2. The Morgan fingerprint density at radius 1 is 1.47 bits per heavy atom. The zero-order valence-corrected chi connectivity index (χ0v) is 10.2. The van der Waals surface area contributed by atoms with E-state index in [9.17, 15) is 14.5 Å². The van der Waals surface area contributed by atoms with Crippen LogP contribution in [-0.4, -0.2) is 23.5 Å². The summed E-state index contributed by atoms with van der Waals surface area (Å²) in [7, 11) is 1.81. The van der Waals surface area contributed by atoms with Gasteiger partial charge in [-0.15, -0.1) is 0 Å². The summed E-state index contributed by atoms with van der Waals surface area (Å²) in [6.07, 6.45) is 2.03. The highest BCUT2D eigenvalue weighted by Crippen LogP contribution is 2.26. The molecule has 1 N–H and O–H groups in total. The zero-order chi connectivity index (χ0) is 13.8. The number of nitrogens with zero attached hydrogens (tertiary/aromatic N) is 2. The van der Waals surface area contributed by atoms with Crippen LogP contribution in [0.15, 0.2) is 28.8 Å². The number of hydrogen-bond acceptors (Lipinski definition) is 5. The minimum absolute atomic E-state index is 0.301. The van der Waals surface area contributed by atoms with Gasteiger partial charge >= 0.3 is 0 Å². The number of likely N-dealkylation sites (N-methyl/N-ethyl adjacent to an activating group) is 1. The summed E-state index contributed by atoms with van der Waals surface area (Å²) in [5.74, 6) is 0.127. The molecule has 0 unspecified atom stereocenters. The Kier molecular flexibility index (Phi) is 3.86. The van der Waals surface area contributed by atoms with Gasteiger partial charge in [0.2, 0.25) is 0 Å². The molecule has 19 heavy (non-hydrogen) atoms. The first-order valence-electron chi connectivity index (χ1n) is 5.65. The van der Waals surface area contributed by atoms with Gasteiger partial charge in [-0.05, 0) is 13.1 Å². The molecular weight excluding hydrogens is 253 g/mol. The van der Waals surface area contributed by atoms with Gasteiger partial charge in [0.1, 0.15) is 5.82 Å². The molecule has 0 amide bonds. The summed E-state index contributed by atoms with van der Waals surface area (Å²) < 4.78 is 18.7. The van der Waals surface area contributed by atoms with Gasteiger partial charge in [-0.3, -0.25) is 10.1 Å². The molecule has 0 bridgehead atoms. The van der Waals surface area contributed by atoms with Crippen molar-refractivity contribution in [1.82, 2.24) is 10.3 Å². The molecule has 1 aromatic carbocycles. The maximum atomic E-state index is 13.3. The first-order valence-corrected chi connectivity index (χ1v) is 5.65. The molecule has 0 aliphatic heterocycles. The molecule has 100 valence electrons. The summed E-state index contributed by atoms with van der Waals surface area (Å²) in [6.45, 7) is 0.698. The molecule has 7 heteroatoms. The molecule has 0 aliphatic carbocycles. The molecule has 0 saturated carbocycles. The Morgan fingerprint density at radius 3 is 2.95 bits per heavy atom. The number of benzene rings is 1. The highest BCUT2D eigenvalue weighted by atomic mass is 19.1. The maximum Gasteiger partial charge on any atom is 0.273 e. The number of non-ortho nitro benzene ring substituents is 1. The van der Waals surface area contributed by atoms with Crippen molar-refractivity contribution in [2.75, 3.05) is 13.6 Å². The minimum atomic E-state index is -0.683. The van der Waals surface area contributed by atoms with E-state index in [-0.39, 0.29) is 5.69 Å². The van der Waals surface area contributed by atoms with Crippen LogP contribution in [0.25, 0.3) is 11.3 Å². The highest BCUT2D eigenvalue weighted by molar-refractivity contribution is 5.60. The first-order chi connectivity index (χ1) is 9.10. The number of nitro groups is 1. The van der Waals surface area contributed by atoms with Crippen LogP contribution in [-0.2, 0) is 6.42 Å². The number of hydrogen-bond donors (Lipinski definition) is 1. The molecule has 2 rings (SSSR count). The van der Waals surface area contributed by atoms with Crippen molar-refractivity contribution in [2.45, 2.75) is 6.42 Å². The summed E-state index contributed by atoms with van der Waals surface area (Å²) in [5, 5.41) is 13.6. The molecule has 0 radical (unpaired) electrons. The zero-order valence-electron chi connectivity index (χ0n) is 10.2. The third kappa shape index (κ3) is 3.14. The van der Waals surface area contributed by atoms with Crippen LogP contribution in [0.3, 0.4) is 0 Å². The number of aromatic nitrogens is 1. The Labute approximate surface area is 108 Å². The second-order valence-electron chi connectivity index (χ2n) is 3.93. The Bertz CT molecular complexity index is 598. The van der Waals surface area contributed by atoms with Gasteiger partial charge in [0.25, 0.3) is 5.69 Å². The number of nitro benzene ring substituents is 1. The monoisotopic (exact) mass is 265 g/mol. The van der Waals surface area contributed by atoms with Gasteiger partial charge in [0.05, 0.1) is 17.2 Å². The van der Waals surface area contributed by atoms with E-state index in [0.717, 1.165) is 6.07 Å². The van der Waals surface area contributed by atoms with E-state index in [1.807, 2.05) is 0 Å². The molecule has 6 nitrogen and oxygen atoms in total. The van der Waals surface area contributed by atoms with Crippen LogP contribution in [0.1, 0.15) is 5.89 Å². The van der Waals surface area contributed by atoms with Gasteiger partial charge in [0, 0.05) is 24.6 Å². The predicted molar refractivity (Wildman–Crippen MR) is 66.2 cm³/mol.